The molecule has 1 aliphatic rings. The first-order chi connectivity index (χ1) is 16.3. The second kappa shape index (κ2) is 8.85. The van der Waals surface area contributed by atoms with Crippen molar-refractivity contribution in [2.45, 2.75) is 45.3 Å². The van der Waals surface area contributed by atoms with Crippen LogP contribution in [-0.2, 0) is 5.60 Å². The first-order valence-corrected chi connectivity index (χ1v) is 11.8. The molecule has 8 nitrogen and oxygen atoms in total. The van der Waals surface area contributed by atoms with Gasteiger partial charge in [-0.15, -0.1) is 5.10 Å². The predicted octanol–water partition coefficient (Wildman–Crippen LogP) is 4.46. The molecule has 1 fully saturated rings. The molecule has 0 bridgehead atoms. The largest absolute Gasteiger partial charge is 0.384 e. The maximum absolute atomic E-state index is 10.7. The van der Waals surface area contributed by atoms with Crippen LogP contribution in [0.3, 0.4) is 0 Å². The molecule has 1 aromatic carbocycles. The Morgan fingerprint density at radius 2 is 1.79 bits per heavy atom. The summed E-state index contributed by atoms with van der Waals surface area (Å²) in [6, 6.07) is 13.8. The van der Waals surface area contributed by atoms with Crippen LogP contribution in [0.25, 0.3) is 16.8 Å². The Bertz CT molecular complexity index is 1310. The van der Waals surface area contributed by atoms with Crippen LogP contribution < -0.4 is 10.2 Å². The van der Waals surface area contributed by atoms with Gasteiger partial charge in [-0.05, 0) is 63.4 Å². The number of hydrogen-bond acceptors (Lipinski definition) is 7. The summed E-state index contributed by atoms with van der Waals surface area (Å²) < 4.78 is 1.74. The molecule has 1 aliphatic heterocycles. The van der Waals surface area contributed by atoms with Gasteiger partial charge >= 0.3 is 0 Å². The van der Waals surface area contributed by atoms with E-state index in [2.05, 4.69) is 20.2 Å². The zero-order chi connectivity index (χ0) is 23.9. The van der Waals surface area contributed by atoms with E-state index in [1.165, 1.54) is 0 Å². The highest BCUT2D eigenvalue weighted by atomic mass is 35.5. The van der Waals surface area contributed by atoms with Gasteiger partial charge in [-0.1, -0.05) is 23.7 Å². The van der Waals surface area contributed by atoms with E-state index in [-0.39, 0.29) is 6.04 Å². The summed E-state index contributed by atoms with van der Waals surface area (Å²) >= 11 is 6.09. The summed E-state index contributed by atoms with van der Waals surface area (Å²) in [7, 11) is 0. The molecule has 4 aromatic rings. The highest BCUT2D eigenvalue weighted by Crippen LogP contribution is 2.30. The van der Waals surface area contributed by atoms with Crippen LogP contribution in [0.2, 0.25) is 5.02 Å². The van der Waals surface area contributed by atoms with Crippen molar-refractivity contribution in [1.82, 2.24) is 24.6 Å². The first-order valence-electron chi connectivity index (χ1n) is 11.5. The average molecular weight is 478 g/mol. The number of anilines is 2. The summed E-state index contributed by atoms with van der Waals surface area (Å²) in [5, 5.41) is 19.7. The van der Waals surface area contributed by atoms with E-state index in [9.17, 15) is 5.11 Å². The van der Waals surface area contributed by atoms with Crippen LogP contribution in [0.5, 0.6) is 0 Å². The van der Waals surface area contributed by atoms with Crippen molar-refractivity contribution in [1.29, 1.82) is 0 Å². The molecule has 5 rings (SSSR count). The molecule has 1 saturated heterocycles. The van der Waals surface area contributed by atoms with Crippen molar-refractivity contribution in [3.05, 3.63) is 65.2 Å². The SMILES string of the molecule is Cc1cc(N2CCC(Nc3nc4c(-c5ccc(Cl)cc5)ccc(C(C)(C)O)n4n3)CC2)ncn1. The molecule has 0 atom stereocenters. The van der Waals surface area contributed by atoms with E-state index >= 15 is 0 Å². The molecule has 0 saturated carbocycles. The number of pyridine rings is 1. The fourth-order valence-corrected chi connectivity index (χ4v) is 4.52. The van der Waals surface area contributed by atoms with E-state index in [1.807, 2.05) is 49.4 Å². The first kappa shape index (κ1) is 22.6. The Kier molecular flexibility index (Phi) is 5.87. The van der Waals surface area contributed by atoms with Gasteiger partial charge < -0.3 is 15.3 Å². The number of aromatic nitrogens is 5. The molecular weight excluding hydrogens is 450 g/mol. The third-order valence-electron chi connectivity index (χ3n) is 6.21. The number of nitrogens with zero attached hydrogens (tertiary/aromatic N) is 6. The Balaban J connectivity index is 1.41. The number of piperidine rings is 1. The average Bonchev–Trinajstić information content (AvgIpc) is 3.22. The maximum Gasteiger partial charge on any atom is 0.243 e. The molecule has 4 heterocycles. The van der Waals surface area contributed by atoms with E-state index in [0.717, 1.165) is 48.6 Å². The molecular formula is C25H28ClN7O. The van der Waals surface area contributed by atoms with Crippen LogP contribution in [-0.4, -0.2) is 48.8 Å². The summed E-state index contributed by atoms with van der Waals surface area (Å²) in [5.74, 6) is 1.53. The highest BCUT2D eigenvalue weighted by molar-refractivity contribution is 6.30. The number of fused-ring (bicyclic) bond motifs is 1. The zero-order valence-electron chi connectivity index (χ0n) is 19.5. The van der Waals surface area contributed by atoms with Crippen LogP contribution >= 0.6 is 11.6 Å². The fourth-order valence-electron chi connectivity index (χ4n) is 4.39. The number of halogens is 1. The van der Waals surface area contributed by atoms with Crippen LogP contribution in [0.15, 0.2) is 48.8 Å². The van der Waals surface area contributed by atoms with Crippen molar-refractivity contribution >= 4 is 29.0 Å². The third kappa shape index (κ3) is 4.56. The van der Waals surface area contributed by atoms with E-state index in [4.69, 9.17) is 21.7 Å². The number of rotatable bonds is 5. The standard InChI is InChI=1S/C25H28ClN7O/c1-16-14-22(28-15-27-16)32-12-10-19(11-13-32)29-24-30-23-20(17-4-6-18(26)7-5-17)8-9-21(25(2,3)34)33(23)31-24/h4-9,14-15,19,34H,10-13H2,1-3H3,(H,29,31). The van der Waals surface area contributed by atoms with Gasteiger partial charge in [-0.2, -0.15) is 4.98 Å². The molecule has 176 valence electrons. The van der Waals surface area contributed by atoms with Gasteiger partial charge in [0, 0.05) is 41.5 Å². The van der Waals surface area contributed by atoms with Gasteiger partial charge in [0.15, 0.2) is 5.65 Å². The predicted molar refractivity (Wildman–Crippen MR) is 134 cm³/mol. The summed E-state index contributed by atoms with van der Waals surface area (Å²) in [6.45, 7) is 7.28. The van der Waals surface area contributed by atoms with E-state index in [1.54, 1.807) is 24.7 Å². The van der Waals surface area contributed by atoms with Crippen molar-refractivity contribution in [2.24, 2.45) is 0 Å². The van der Waals surface area contributed by atoms with Gasteiger partial charge in [-0.25, -0.2) is 14.5 Å². The van der Waals surface area contributed by atoms with Gasteiger partial charge in [0.25, 0.3) is 0 Å². The van der Waals surface area contributed by atoms with Gasteiger partial charge in [0.1, 0.15) is 17.7 Å². The summed E-state index contributed by atoms with van der Waals surface area (Å²) in [5.41, 5.74) is 3.19. The smallest absolute Gasteiger partial charge is 0.243 e. The highest BCUT2D eigenvalue weighted by Gasteiger charge is 2.25. The number of aryl methyl sites for hydroxylation is 1. The van der Waals surface area contributed by atoms with Crippen molar-refractivity contribution < 1.29 is 5.11 Å². The molecule has 0 spiro atoms. The van der Waals surface area contributed by atoms with Crippen LogP contribution in [0, 0.1) is 6.92 Å². The molecule has 3 aromatic heterocycles. The number of benzene rings is 1. The Morgan fingerprint density at radius 3 is 2.47 bits per heavy atom. The van der Waals surface area contributed by atoms with Gasteiger partial charge in [0.2, 0.25) is 5.95 Å². The molecule has 0 unspecified atom stereocenters. The normalized spacial score (nSPS) is 15.1. The van der Waals surface area contributed by atoms with E-state index < -0.39 is 5.60 Å². The molecule has 0 radical (unpaired) electrons. The number of nitrogens with one attached hydrogen (secondary N) is 1. The minimum absolute atomic E-state index is 0.251. The summed E-state index contributed by atoms with van der Waals surface area (Å²) in [6.07, 6.45) is 3.51. The quantitative estimate of drug-likeness (QED) is 0.438. The van der Waals surface area contributed by atoms with Gasteiger partial charge in [0.05, 0.1) is 5.69 Å². The minimum Gasteiger partial charge on any atom is -0.384 e. The molecule has 9 heteroatoms. The minimum atomic E-state index is -1.07. The van der Waals surface area contributed by atoms with Gasteiger partial charge in [-0.3, -0.25) is 0 Å². The molecule has 0 aliphatic carbocycles. The van der Waals surface area contributed by atoms with Crippen LogP contribution in [0.1, 0.15) is 38.1 Å². The Morgan fingerprint density at radius 1 is 1.06 bits per heavy atom. The lowest BCUT2D eigenvalue weighted by Crippen LogP contribution is -2.39. The van der Waals surface area contributed by atoms with Crippen LogP contribution in [0.4, 0.5) is 11.8 Å². The second-order valence-corrected chi connectivity index (χ2v) is 9.73. The number of hydrogen-bond donors (Lipinski definition) is 2. The summed E-state index contributed by atoms with van der Waals surface area (Å²) in [4.78, 5) is 15.7. The Labute approximate surface area is 203 Å². The van der Waals surface area contributed by atoms with Crippen molar-refractivity contribution in [3.63, 3.8) is 0 Å². The molecule has 34 heavy (non-hydrogen) atoms. The Hall–Kier alpha value is -3.23. The van der Waals surface area contributed by atoms with Crippen molar-refractivity contribution in [2.75, 3.05) is 23.3 Å². The monoisotopic (exact) mass is 477 g/mol. The lowest BCUT2D eigenvalue weighted by molar-refractivity contribution is 0.0715. The third-order valence-corrected chi connectivity index (χ3v) is 6.46. The maximum atomic E-state index is 10.7. The number of aliphatic hydroxyl groups is 1. The molecule has 2 N–H and O–H groups in total. The lowest BCUT2D eigenvalue weighted by Gasteiger charge is -2.32. The fraction of sp³-hybridized carbons (Fsp3) is 0.360. The van der Waals surface area contributed by atoms with E-state index in [0.29, 0.717) is 22.3 Å². The molecule has 0 amide bonds. The second-order valence-electron chi connectivity index (χ2n) is 9.29. The lowest BCUT2D eigenvalue weighted by atomic mass is 10.0. The van der Waals surface area contributed by atoms with Crippen molar-refractivity contribution in [3.8, 4) is 11.1 Å². The topological polar surface area (TPSA) is 91.5 Å². The zero-order valence-corrected chi connectivity index (χ0v) is 20.3.